The summed E-state index contributed by atoms with van der Waals surface area (Å²) in [6.07, 6.45) is 8.11. The third kappa shape index (κ3) is 5.49. The predicted molar refractivity (Wildman–Crippen MR) is 76.0 cm³/mol. The van der Waals surface area contributed by atoms with Gasteiger partial charge in [-0.2, -0.15) is 0 Å². The summed E-state index contributed by atoms with van der Waals surface area (Å²) in [6.45, 7) is 2.35. The van der Waals surface area contributed by atoms with Crippen LogP contribution in [0.25, 0.3) is 0 Å². The average molecular weight is 269 g/mol. The summed E-state index contributed by atoms with van der Waals surface area (Å²) in [5.41, 5.74) is 5.53. The Bertz CT molecular complexity index is 310. The molecule has 1 saturated carbocycles. The van der Waals surface area contributed by atoms with Crippen molar-refractivity contribution in [2.45, 2.75) is 51.9 Å². The second kappa shape index (κ2) is 8.02. The van der Waals surface area contributed by atoms with Crippen molar-refractivity contribution < 1.29 is 10.0 Å². The van der Waals surface area contributed by atoms with Gasteiger partial charge in [-0.3, -0.25) is 4.79 Å². The molecule has 1 rings (SSSR count). The fourth-order valence-electron chi connectivity index (χ4n) is 2.68. The van der Waals surface area contributed by atoms with Crippen molar-refractivity contribution in [3.05, 3.63) is 0 Å². The maximum Gasteiger partial charge on any atom is 0.222 e. The van der Waals surface area contributed by atoms with Crippen LogP contribution < -0.4 is 5.73 Å². The van der Waals surface area contributed by atoms with Gasteiger partial charge in [-0.1, -0.05) is 37.8 Å². The highest BCUT2D eigenvalue weighted by Gasteiger charge is 2.20. The molecule has 0 aromatic carbocycles. The number of carbonyl (C=O) groups excluding carboxylic acids is 1. The first kappa shape index (κ1) is 15.8. The standard InChI is InChI=1S/C14H27N3O2/c1-11(14(15)16-19)10-17(2)13(18)9-12-7-5-3-4-6-8-12/h11-12,19H,3-10H2,1-2H3,(H2,15,16). The first-order chi connectivity index (χ1) is 9.04. The van der Waals surface area contributed by atoms with Gasteiger partial charge in [-0.25, -0.2) is 0 Å². The molecule has 1 fully saturated rings. The summed E-state index contributed by atoms with van der Waals surface area (Å²) in [5.74, 6) is 0.767. The van der Waals surface area contributed by atoms with Crippen LogP contribution in [0.2, 0.25) is 0 Å². The zero-order chi connectivity index (χ0) is 14.3. The van der Waals surface area contributed by atoms with E-state index in [-0.39, 0.29) is 17.7 Å². The van der Waals surface area contributed by atoms with Crippen LogP contribution in [-0.2, 0) is 4.79 Å². The molecule has 19 heavy (non-hydrogen) atoms. The van der Waals surface area contributed by atoms with Crippen molar-refractivity contribution in [2.24, 2.45) is 22.7 Å². The lowest BCUT2D eigenvalue weighted by atomic mass is 9.96. The van der Waals surface area contributed by atoms with E-state index in [0.29, 0.717) is 18.9 Å². The van der Waals surface area contributed by atoms with Crippen LogP contribution in [0.3, 0.4) is 0 Å². The Hall–Kier alpha value is -1.26. The number of amides is 1. The van der Waals surface area contributed by atoms with Crippen LogP contribution in [0, 0.1) is 11.8 Å². The minimum atomic E-state index is -0.118. The lowest BCUT2D eigenvalue weighted by Crippen LogP contribution is -2.37. The van der Waals surface area contributed by atoms with Crippen molar-refractivity contribution in [3.8, 4) is 0 Å². The lowest BCUT2D eigenvalue weighted by Gasteiger charge is -2.23. The quantitative estimate of drug-likeness (QED) is 0.264. The number of oxime groups is 1. The predicted octanol–water partition coefficient (Wildman–Crippen LogP) is 2.19. The summed E-state index contributed by atoms with van der Waals surface area (Å²) in [4.78, 5) is 13.9. The molecular weight excluding hydrogens is 242 g/mol. The topological polar surface area (TPSA) is 78.9 Å². The Balaban J connectivity index is 2.39. The maximum absolute atomic E-state index is 12.2. The molecule has 0 aromatic heterocycles. The molecule has 1 atom stereocenters. The van der Waals surface area contributed by atoms with Crippen molar-refractivity contribution in [1.82, 2.24) is 4.90 Å². The minimum absolute atomic E-state index is 0.118. The van der Waals surface area contributed by atoms with E-state index < -0.39 is 0 Å². The van der Waals surface area contributed by atoms with Gasteiger partial charge in [0.1, 0.15) is 5.84 Å². The van der Waals surface area contributed by atoms with E-state index in [1.165, 1.54) is 38.5 Å². The summed E-state index contributed by atoms with van der Waals surface area (Å²) >= 11 is 0. The Morgan fingerprint density at radius 2 is 1.95 bits per heavy atom. The third-order valence-electron chi connectivity index (χ3n) is 4.03. The SMILES string of the molecule is CC(CN(C)C(=O)CC1CCCCCC1)C(N)=NO. The zero-order valence-corrected chi connectivity index (χ0v) is 12.1. The molecule has 0 aromatic rings. The molecule has 0 spiro atoms. The summed E-state index contributed by atoms with van der Waals surface area (Å²) < 4.78 is 0. The number of rotatable bonds is 5. The van der Waals surface area contributed by atoms with Gasteiger partial charge in [0.15, 0.2) is 0 Å². The molecule has 1 aliphatic rings. The summed E-state index contributed by atoms with van der Waals surface area (Å²) in [7, 11) is 1.79. The first-order valence-corrected chi connectivity index (χ1v) is 7.26. The van der Waals surface area contributed by atoms with Crippen molar-refractivity contribution in [2.75, 3.05) is 13.6 Å². The average Bonchev–Trinajstić information content (AvgIpc) is 2.66. The number of nitrogens with two attached hydrogens (primary N) is 1. The van der Waals surface area contributed by atoms with Gasteiger partial charge in [0.05, 0.1) is 0 Å². The van der Waals surface area contributed by atoms with E-state index in [1.54, 1.807) is 11.9 Å². The number of carbonyl (C=O) groups is 1. The Morgan fingerprint density at radius 1 is 1.37 bits per heavy atom. The van der Waals surface area contributed by atoms with Gasteiger partial charge >= 0.3 is 0 Å². The second-order valence-electron chi connectivity index (χ2n) is 5.76. The zero-order valence-electron chi connectivity index (χ0n) is 12.1. The molecule has 0 saturated heterocycles. The number of hydrogen-bond donors (Lipinski definition) is 2. The number of nitrogens with zero attached hydrogens (tertiary/aromatic N) is 2. The molecule has 3 N–H and O–H groups in total. The fraction of sp³-hybridized carbons (Fsp3) is 0.857. The van der Waals surface area contributed by atoms with Gasteiger partial charge < -0.3 is 15.8 Å². The van der Waals surface area contributed by atoms with E-state index in [2.05, 4.69) is 5.16 Å². The van der Waals surface area contributed by atoms with Crippen LogP contribution in [0.4, 0.5) is 0 Å². The molecule has 1 amide bonds. The van der Waals surface area contributed by atoms with E-state index >= 15 is 0 Å². The smallest absolute Gasteiger partial charge is 0.222 e. The molecule has 0 radical (unpaired) electrons. The van der Waals surface area contributed by atoms with Crippen LogP contribution in [0.5, 0.6) is 0 Å². The molecule has 0 aliphatic heterocycles. The highest BCUT2D eigenvalue weighted by atomic mass is 16.4. The highest BCUT2D eigenvalue weighted by Crippen LogP contribution is 2.25. The monoisotopic (exact) mass is 269 g/mol. The van der Waals surface area contributed by atoms with Crippen LogP contribution in [0.1, 0.15) is 51.9 Å². The van der Waals surface area contributed by atoms with Crippen molar-refractivity contribution in [1.29, 1.82) is 0 Å². The van der Waals surface area contributed by atoms with E-state index in [4.69, 9.17) is 10.9 Å². The molecule has 5 nitrogen and oxygen atoms in total. The second-order valence-corrected chi connectivity index (χ2v) is 5.76. The van der Waals surface area contributed by atoms with E-state index in [9.17, 15) is 4.79 Å². The van der Waals surface area contributed by atoms with Gasteiger partial charge in [0.25, 0.3) is 0 Å². The molecule has 1 unspecified atom stereocenters. The highest BCUT2D eigenvalue weighted by molar-refractivity contribution is 5.83. The van der Waals surface area contributed by atoms with E-state index in [1.807, 2.05) is 6.92 Å². The van der Waals surface area contributed by atoms with Gasteiger partial charge in [0, 0.05) is 25.9 Å². The van der Waals surface area contributed by atoms with Crippen LogP contribution >= 0.6 is 0 Å². The molecule has 0 bridgehead atoms. The third-order valence-corrected chi connectivity index (χ3v) is 4.03. The molecule has 0 heterocycles. The maximum atomic E-state index is 12.2. The molecular formula is C14H27N3O2. The largest absolute Gasteiger partial charge is 0.409 e. The Labute approximate surface area is 115 Å². The lowest BCUT2D eigenvalue weighted by molar-refractivity contribution is -0.131. The Morgan fingerprint density at radius 3 is 2.47 bits per heavy atom. The van der Waals surface area contributed by atoms with Gasteiger partial charge in [0.2, 0.25) is 5.91 Å². The normalized spacial score (nSPS) is 19.8. The molecule has 1 aliphatic carbocycles. The van der Waals surface area contributed by atoms with Crippen molar-refractivity contribution in [3.63, 3.8) is 0 Å². The number of hydrogen-bond acceptors (Lipinski definition) is 3. The first-order valence-electron chi connectivity index (χ1n) is 7.26. The van der Waals surface area contributed by atoms with Crippen LogP contribution in [-0.4, -0.2) is 35.4 Å². The van der Waals surface area contributed by atoms with E-state index in [0.717, 1.165) is 0 Å². The molecule has 5 heteroatoms. The fourth-order valence-corrected chi connectivity index (χ4v) is 2.68. The summed E-state index contributed by atoms with van der Waals surface area (Å²) in [6, 6.07) is 0. The van der Waals surface area contributed by atoms with Crippen LogP contribution in [0.15, 0.2) is 5.16 Å². The molecule has 110 valence electrons. The Kier molecular flexibility index (Phi) is 6.67. The van der Waals surface area contributed by atoms with Crippen molar-refractivity contribution >= 4 is 11.7 Å². The minimum Gasteiger partial charge on any atom is -0.409 e. The van der Waals surface area contributed by atoms with Gasteiger partial charge in [-0.15, -0.1) is 0 Å². The number of amidine groups is 1. The summed E-state index contributed by atoms with van der Waals surface area (Å²) in [5, 5.41) is 11.6. The van der Waals surface area contributed by atoms with Gasteiger partial charge in [-0.05, 0) is 18.8 Å².